The zero-order valence-electron chi connectivity index (χ0n) is 13.0. The van der Waals surface area contributed by atoms with Crippen LogP contribution in [0.4, 0.5) is 0 Å². The molecule has 1 amide bonds. The molecule has 0 atom stereocenters. The van der Waals surface area contributed by atoms with Crippen LogP contribution in [0.15, 0.2) is 53.5 Å². The fraction of sp³-hybridized carbons (Fsp3) is 0.222. The number of hydrogen-bond acceptors (Lipinski definition) is 3. The van der Waals surface area contributed by atoms with E-state index in [9.17, 15) is 9.59 Å². The third-order valence-corrected chi connectivity index (χ3v) is 3.65. The van der Waals surface area contributed by atoms with E-state index in [1.54, 1.807) is 22.9 Å². The zero-order chi connectivity index (χ0) is 16.7. The van der Waals surface area contributed by atoms with Crippen molar-refractivity contribution >= 4 is 12.0 Å². The fourth-order valence-corrected chi connectivity index (χ4v) is 2.25. The lowest BCUT2D eigenvalue weighted by molar-refractivity contribution is -0.124. The molecule has 2 rings (SSSR count). The maximum Gasteiger partial charge on any atom is 0.267 e. The third kappa shape index (κ3) is 4.66. The molecule has 2 N–H and O–H groups in total. The molecule has 1 heterocycles. The Kier molecular flexibility index (Phi) is 5.88. The lowest BCUT2D eigenvalue weighted by Gasteiger charge is -2.07. The largest absolute Gasteiger partial charge is 0.315 e. The first kappa shape index (κ1) is 16.7. The van der Waals surface area contributed by atoms with E-state index in [-0.39, 0.29) is 5.56 Å². The lowest BCUT2D eigenvalue weighted by atomic mass is 10.1. The van der Waals surface area contributed by atoms with Crippen LogP contribution in [-0.4, -0.2) is 15.7 Å². The lowest BCUT2D eigenvalue weighted by Crippen LogP contribution is -2.22. The van der Waals surface area contributed by atoms with Gasteiger partial charge in [-0.3, -0.25) is 14.8 Å². The van der Waals surface area contributed by atoms with Gasteiger partial charge in [0.05, 0.1) is 0 Å². The summed E-state index contributed by atoms with van der Waals surface area (Å²) in [5.74, 6) is -0.671. The van der Waals surface area contributed by atoms with E-state index in [2.05, 4.69) is 31.2 Å². The molecule has 1 aromatic heterocycles. The maximum atomic E-state index is 12.3. The van der Waals surface area contributed by atoms with Gasteiger partial charge in [0.2, 0.25) is 0 Å². The number of aromatic nitrogens is 1. The molecule has 0 spiro atoms. The Labute approximate surface area is 134 Å². The average Bonchev–Trinajstić information content (AvgIpc) is 2.60. The molecule has 0 fully saturated rings. The number of carbonyl (C=O) groups excluding carboxylic acids is 1. The Morgan fingerprint density at radius 1 is 1.22 bits per heavy atom. The van der Waals surface area contributed by atoms with Crippen molar-refractivity contribution in [2.24, 2.45) is 0 Å². The summed E-state index contributed by atoms with van der Waals surface area (Å²) in [4.78, 5) is 23.3. The Bertz CT molecular complexity index is 746. The van der Waals surface area contributed by atoms with Gasteiger partial charge in [0.25, 0.3) is 11.5 Å². The standard InChI is InChI=1S/C18H20N2O3/c1-2-14-5-7-15(8-6-14)11-13-20-12-3-4-16(18(20)22)9-10-17(21)19-23/h3-10,12,23H,2,11,13H2,1H3,(H,19,21)/b10-9+. The molecule has 0 aliphatic carbocycles. The summed E-state index contributed by atoms with van der Waals surface area (Å²) >= 11 is 0. The zero-order valence-corrected chi connectivity index (χ0v) is 13.0. The quantitative estimate of drug-likeness (QED) is 0.488. The topological polar surface area (TPSA) is 71.3 Å². The number of aryl methyl sites for hydroxylation is 3. The van der Waals surface area contributed by atoms with E-state index in [0.717, 1.165) is 18.9 Å². The number of nitrogens with one attached hydrogen (secondary N) is 1. The Morgan fingerprint density at radius 3 is 2.57 bits per heavy atom. The highest BCUT2D eigenvalue weighted by Gasteiger charge is 2.02. The predicted molar refractivity (Wildman–Crippen MR) is 89.2 cm³/mol. The van der Waals surface area contributed by atoms with Crippen LogP contribution >= 0.6 is 0 Å². The van der Waals surface area contributed by atoms with Crippen molar-refractivity contribution in [2.45, 2.75) is 26.3 Å². The smallest absolute Gasteiger partial charge is 0.267 e. The second-order valence-corrected chi connectivity index (χ2v) is 5.19. The van der Waals surface area contributed by atoms with Crippen molar-refractivity contribution in [2.75, 3.05) is 0 Å². The van der Waals surface area contributed by atoms with Gasteiger partial charge < -0.3 is 4.57 Å². The summed E-state index contributed by atoms with van der Waals surface area (Å²) in [6, 6.07) is 11.8. The minimum atomic E-state index is -0.671. The van der Waals surface area contributed by atoms with Crippen LogP contribution < -0.4 is 11.0 Å². The van der Waals surface area contributed by atoms with Gasteiger partial charge in [0, 0.05) is 24.4 Å². The van der Waals surface area contributed by atoms with Gasteiger partial charge in [-0.05, 0) is 42.2 Å². The second-order valence-electron chi connectivity index (χ2n) is 5.19. The first-order valence-corrected chi connectivity index (χ1v) is 7.53. The van der Waals surface area contributed by atoms with Crippen LogP contribution in [0.1, 0.15) is 23.6 Å². The Balaban J connectivity index is 2.09. The minimum Gasteiger partial charge on any atom is -0.315 e. The van der Waals surface area contributed by atoms with E-state index < -0.39 is 5.91 Å². The van der Waals surface area contributed by atoms with Gasteiger partial charge in [-0.25, -0.2) is 5.48 Å². The summed E-state index contributed by atoms with van der Waals surface area (Å²) < 4.78 is 1.62. The Morgan fingerprint density at radius 2 is 1.91 bits per heavy atom. The molecule has 0 aliphatic heterocycles. The van der Waals surface area contributed by atoms with Gasteiger partial charge in [-0.2, -0.15) is 0 Å². The summed E-state index contributed by atoms with van der Waals surface area (Å²) in [6.07, 6.45) is 6.00. The molecular weight excluding hydrogens is 292 g/mol. The van der Waals surface area contributed by atoms with Gasteiger partial charge in [-0.15, -0.1) is 0 Å². The average molecular weight is 312 g/mol. The molecule has 0 aliphatic rings. The molecular formula is C18H20N2O3. The number of amides is 1. The number of benzene rings is 1. The highest BCUT2D eigenvalue weighted by Crippen LogP contribution is 2.06. The molecule has 0 radical (unpaired) electrons. The van der Waals surface area contributed by atoms with Crippen molar-refractivity contribution in [3.05, 3.63) is 75.7 Å². The molecule has 0 saturated heterocycles. The summed E-state index contributed by atoms with van der Waals surface area (Å²) in [5, 5.41) is 8.45. The summed E-state index contributed by atoms with van der Waals surface area (Å²) in [7, 11) is 0. The van der Waals surface area contributed by atoms with Crippen LogP contribution in [0, 0.1) is 0 Å². The van der Waals surface area contributed by atoms with Gasteiger partial charge >= 0.3 is 0 Å². The fourth-order valence-electron chi connectivity index (χ4n) is 2.25. The first-order chi connectivity index (χ1) is 11.1. The second kappa shape index (κ2) is 8.10. The maximum absolute atomic E-state index is 12.3. The third-order valence-electron chi connectivity index (χ3n) is 3.65. The number of carbonyl (C=O) groups is 1. The van der Waals surface area contributed by atoms with Crippen molar-refractivity contribution in [3.63, 3.8) is 0 Å². The van der Waals surface area contributed by atoms with Gasteiger partial charge in [0.1, 0.15) is 0 Å². The Hall–Kier alpha value is -2.66. The highest BCUT2D eigenvalue weighted by atomic mass is 16.5. The van der Waals surface area contributed by atoms with E-state index in [4.69, 9.17) is 5.21 Å². The molecule has 0 unspecified atom stereocenters. The molecule has 0 bridgehead atoms. The van der Waals surface area contributed by atoms with Crippen LogP contribution in [0.5, 0.6) is 0 Å². The van der Waals surface area contributed by atoms with Crippen molar-refractivity contribution in [1.29, 1.82) is 0 Å². The first-order valence-electron chi connectivity index (χ1n) is 7.53. The SMILES string of the molecule is CCc1ccc(CCn2cccc(/C=C/C(=O)NO)c2=O)cc1. The minimum absolute atomic E-state index is 0.167. The number of nitrogens with zero attached hydrogens (tertiary/aromatic N) is 1. The number of hydroxylamine groups is 1. The van der Waals surface area contributed by atoms with E-state index in [1.807, 2.05) is 0 Å². The van der Waals surface area contributed by atoms with Crippen molar-refractivity contribution in [3.8, 4) is 0 Å². The predicted octanol–water partition coefficient (Wildman–Crippen LogP) is 2.17. The van der Waals surface area contributed by atoms with Crippen molar-refractivity contribution in [1.82, 2.24) is 10.0 Å². The normalized spacial score (nSPS) is 10.9. The monoisotopic (exact) mass is 312 g/mol. The van der Waals surface area contributed by atoms with Crippen molar-refractivity contribution < 1.29 is 10.0 Å². The molecule has 2 aromatic rings. The van der Waals surface area contributed by atoms with Crippen LogP contribution in [-0.2, 0) is 24.2 Å². The van der Waals surface area contributed by atoms with Gasteiger partial charge in [0.15, 0.2) is 0 Å². The number of hydrogen-bond donors (Lipinski definition) is 2. The van der Waals surface area contributed by atoms with Gasteiger partial charge in [-0.1, -0.05) is 31.2 Å². The van der Waals surface area contributed by atoms with Crippen LogP contribution in [0.2, 0.25) is 0 Å². The van der Waals surface area contributed by atoms with E-state index in [0.29, 0.717) is 12.1 Å². The summed E-state index contributed by atoms with van der Waals surface area (Å²) in [5.41, 5.74) is 4.19. The van der Waals surface area contributed by atoms with E-state index in [1.165, 1.54) is 22.7 Å². The molecule has 1 aromatic carbocycles. The number of rotatable bonds is 6. The van der Waals surface area contributed by atoms with E-state index >= 15 is 0 Å². The molecule has 120 valence electrons. The molecule has 5 nitrogen and oxygen atoms in total. The summed E-state index contributed by atoms with van der Waals surface area (Å²) in [6.45, 7) is 2.68. The molecule has 5 heteroatoms. The van der Waals surface area contributed by atoms with Crippen LogP contribution in [0.25, 0.3) is 6.08 Å². The highest BCUT2D eigenvalue weighted by molar-refractivity contribution is 5.90. The molecule has 0 saturated carbocycles. The van der Waals surface area contributed by atoms with Crippen LogP contribution in [0.3, 0.4) is 0 Å². The number of pyridine rings is 1. The molecule has 23 heavy (non-hydrogen) atoms.